The van der Waals surface area contributed by atoms with Crippen molar-refractivity contribution in [2.24, 2.45) is 0 Å². The zero-order chi connectivity index (χ0) is 14.5. The lowest BCUT2D eigenvalue weighted by molar-refractivity contribution is -0.255. The Morgan fingerprint density at radius 1 is 1.15 bits per heavy atom. The first-order valence-corrected chi connectivity index (χ1v) is 5.94. The van der Waals surface area contributed by atoms with Gasteiger partial charge in [-0.15, -0.1) is 0 Å². The van der Waals surface area contributed by atoms with Crippen molar-refractivity contribution in [1.29, 1.82) is 0 Å². The van der Waals surface area contributed by atoms with Crippen LogP contribution in [0.25, 0.3) is 0 Å². The molecule has 0 bridgehead atoms. The lowest BCUT2D eigenvalue weighted by atomic mass is 10.2. The van der Waals surface area contributed by atoms with Crippen molar-refractivity contribution in [2.45, 2.75) is 0 Å². The van der Waals surface area contributed by atoms with Gasteiger partial charge >= 0.3 is 0 Å². The Kier molecular flexibility index (Phi) is 4.11. The number of carbonyl (C=O) groups is 2. The molecule has 2 N–H and O–H groups in total. The van der Waals surface area contributed by atoms with Crippen LogP contribution in [-0.2, 0) is 0 Å². The molecule has 0 radical (unpaired) electrons. The number of furan rings is 1. The molecule has 1 amide bonds. The number of hydrogen-bond donors (Lipinski definition) is 2. The average molecular weight is 289 g/mol. The van der Waals surface area contributed by atoms with Gasteiger partial charge in [-0.2, -0.15) is 0 Å². The first kappa shape index (κ1) is 13.8. The van der Waals surface area contributed by atoms with Gasteiger partial charge in [0, 0.05) is 5.69 Å². The third-order valence-electron chi connectivity index (χ3n) is 2.35. The maximum absolute atomic E-state index is 11.6. The fourth-order valence-electron chi connectivity index (χ4n) is 1.42. The minimum absolute atomic E-state index is 0.0566. The number of carboxylic acids is 1. The predicted octanol–water partition coefficient (Wildman–Crippen LogP) is 0.770. The standard InChI is InChI=1S/C13H10N2O4S/c16-11(10-2-1-7-19-10)15-13(20)14-9-5-3-8(4-6-9)12(17)18/h1-7H,(H,17,18)(H2,14,15,16,20)/p-1. The van der Waals surface area contributed by atoms with Crippen LogP contribution in [0.5, 0.6) is 0 Å². The summed E-state index contributed by atoms with van der Waals surface area (Å²) in [5.74, 6) is -1.59. The fourth-order valence-corrected chi connectivity index (χ4v) is 1.64. The number of carboxylic acid groups (broad SMARTS) is 1. The number of amides is 1. The molecule has 0 saturated carbocycles. The summed E-state index contributed by atoms with van der Waals surface area (Å²) in [4.78, 5) is 22.2. The SMILES string of the molecule is O=C([O-])c1ccc(NC(=S)NC(=O)c2ccco2)cc1. The maximum atomic E-state index is 11.6. The van der Waals surface area contributed by atoms with Crippen LogP contribution in [0.4, 0.5) is 5.69 Å². The number of rotatable bonds is 3. The van der Waals surface area contributed by atoms with Gasteiger partial charge in [0.05, 0.1) is 12.2 Å². The molecule has 0 atom stereocenters. The van der Waals surface area contributed by atoms with Crippen LogP contribution in [0.2, 0.25) is 0 Å². The highest BCUT2D eigenvalue weighted by atomic mass is 32.1. The molecule has 1 aromatic heterocycles. The molecule has 0 saturated heterocycles. The number of benzene rings is 1. The lowest BCUT2D eigenvalue weighted by Crippen LogP contribution is -2.33. The van der Waals surface area contributed by atoms with Gasteiger partial charge in [-0.1, -0.05) is 12.1 Å². The van der Waals surface area contributed by atoms with Crippen LogP contribution in [0.15, 0.2) is 47.1 Å². The van der Waals surface area contributed by atoms with Gasteiger partial charge in [0.1, 0.15) is 0 Å². The molecule has 1 aromatic carbocycles. The normalized spacial score (nSPS) is 9.80. The van der Waals surface area contributed by atoms with Crippen molar-refractivity contribution in [1.82, 2.24) is 5.32 Å². The van der Waals surface area contributed by atoms with E-state index in [0.29, 0.717) is 5.69 Å². The second kappa shape index (κ2) is 5.98. The van der Waals surface area contributed by atoms with Crippen molar-refractivity contribution in [3.8, 4) is 0 Å². The Bertz CT molecular complexity index is 635. The monoisotopic (exact) mass is 289 g/mol. The van der Waals surface area contributed by atoms with E-state index in [4.69, 9.17) is 16.6 Å². The van der Waals surface area contributed by atoms with Gasteiger partial charge in [-0.05, 0) is 42.0 Å². The van der Waals surface area contributed by atoms with Gasteiger partial charge in [-0.3, -0.25) is 10.1 Å². The molecule has 0 aliphatic rings. The highest BCUT2D eigenvalue weighted by Gasteiger charge is 2.10. The molecular weight excluding hydrogens is 280 g/mol. The summed E-state index contributed by atoms with van der Waals surface area (Å²) in [6.45, 7) is 0. The van der Waals surface area contributed by atoms with E-state index in [0.717, 1.165) is 0 Å². The molecule has 0 unspecified atom stereocenters. The van der Waals surface area contributed by atoms with E-state index in [9.17, 15) is 14.7 Å². The molecule has 6 nitrogen and oxygen atoms in total. The summed E-state index contributed by atoms with van der Waals surface area (Å²) >= 11 is 4.96. The van der Waals surface area contributed by atoms with Gasteiger partial charge in [0.15, 0.2) is 10.9 Å². The van der Waals surface area contributed by atoms with E-state index in [1.54, 1.807) is 6.07 Å². The van der Waals surface area contributed by atoms with Crippen molar-refractivity contribution in [2.75, 3.05) is 5.32 Å². The number of carbonyl (C=O) groups excluding carboxylic acids is 2. The van der Waals surface area contributed by atoms with Gasteiger partial charge in [0.25, 0.3) is 5.91 Å². The average Bonchev–Trinajstić information content (AvgIpc) is 2.93. The van der Waals surface area contributed by atoms with Crippen LogP contribution in [0.1, 0.15) is 20.9 Å². The molecule has 1 heterocycles. The van der Waals surface area contributed by atoms with E-state index >= 15 is 0 Å². The third kappa shape index (κ3) is 3.42. The maximum Gasteiger partial charge on any atom is 0.293 e. The zero-order valence-electron chi connectivity index (χ0n) is 10.1. The minimum Gasteiger partial charge on any atom is -0.545 e. The van der Waals surface area contributed by atoms with Gasteiger partial charge < -0.3 is 19.6 Å². The van der Waals surface area contributed by atoms with Crippen molar-refractivity contribution in [3.05, 3.63) is 54.0 Å². The third-order valence-corrected chi connectivity index (χ3v) is 2.55. The van der Waals surface area contributed by atoms with E-state index in [-0.39, 0.29) is 16.4 Å². The number of thiocarbonyl (C=S) groups is 1. The van der Waals surface area contributed by atoms with Crippen molar-refractivity contribution in [3.63, 3.8) is 0 Å². The van der Waals surface area contributed by atoms with E-state index in [1.165, 1.54) is 36.6 Å². The Labute approximate surface area is 119 Å². The Hall–Kier alpha value is -2.67. The number of nitrogens with one attached hydrogen (secondary N) is 2. The highest BCUT2D eigenvalue weighted by Crippen LogP contribution is 2.09. The highest BCUT2D eigenvalue weighted by molar-refractivity contribution is 7.80. The first-order chi connectivity index (χ1) is 9.56. The van der Waals surface area contributed by atoms with Crippen LogP contribution in [0.3, 0.4) is 0 Å². The smallest absolute Gasteiger partial charge is 0.293 e. The summed E-state index contributed by atoms with van der Waals surface area (Å²) in [6, 6.07) is 8.85. The molecule has 0 spiro atoms. The largest absolute Gasteiger partial charge is 0.545 e. The first-order valence-electron chi connectivity index (χ1n) is 5.53. The quantitative estimate of drug-likeness (QED) is 0.810. The molecule has 2 aromatic rings. The molecule has 0 aliphatic heterocycles. The minimum atomic E-state index is -1.26. The molecule has 0 aliphatic carbocycles. The van der Waals surface area contributed by atoms with Crippen LogP contribution < -0.4 is 15.7 Å². The summed E-state index contributed by atoms with van der Waals surface area (Å²) in [5, 5.41) is 15.8. The van der Waals surface area contributed by atoms with Crippen LogP contribution in [0, 0.1) is 0 Å². The summed E-state index contributed by atoms with van der Waals surface area (Å²) in [5.41, 5.74) is 0.598. The summed E-state index contributed by atoms with van der Waals surface area (Å²) in [7, 11) is 0. The van der Waals surface area contributed by atoms with E-state index in [2.05, 4.69) is 10.6 Å². The number of aromatic carboxylic acids is 1. The molecule has 102 valence electrons. The van der Waals surface area contributed by atoms with Crippen molar-refractivity contribution >= 4 is 34.9 Å². The summed E-state index contributed by atoms with van der Waals surface area (Å²) < 4.78 is 4.92. The van der Waals surface area contributed by atoms with Gasteiger partial charge in [0.2, 0.25) is 0 Å². The second-order valence-electron chi connectivity index (χ2n) is 3.75. The van der Waals surface area contributed by atoms with E-state index in [1.807, 2.05) is 0 Å². The molecule has 20 heavy (non-hydrogen) atoms. The zero-order valence-corrected chi connectivity index (χ0v) is 10.9. The number of hydrogen-bond acceptors (Lipinski definition) is 5. The molecule has 7 heteroatoms. The number of anilines is 1. The van der Waals surface area contributed by atoms with Crippen LogP contribution >= 0.6 is 12.2 Å². The van der Waals surface area contributed by atoms with Crippen molar-refractivity contribution < 1.29 is 19.1 Å². The topological polar surface area (TPSA) is 94.4 Å². The van der Waals surface area contributed by atoms with Crippen LogP contribution in [-0.4, -0.2) is 17.0 Å². The molecular formula is C13H9N2O4S-. The lowest BCUT2D eigenvalue weighted by Gasteiger charge is -2.09. The Morgan fingerprint density at radius 3 is 2.40 bits per heavy atom. The Morgan fingerprint density at radius 2 is 1.85 bits per heavy atom. The Balaban J connectivity index is 1.94. The van der Waals surface area contributed by atoms with Gasteiger partial charge in [-0.25, -0.2) is 0 Å². The molecule has 2 rings (SSSR count). The fraction of sp³-hybridized carbons (Fsp3) is 0. The molecule has 0 fully saturated rings. The summed E-state index contributed by atoms with van der Waals surface area (Å²) in [6.07, 6.45) is 1.38. The second-order valence-corrected chi connectivity index (χ2v) is 4.16. The van der Waals surface area contributed by atoms with E-state index < -0.39 is 11.9 Å². The predicted molar refractivity (Wildman–Crippen MR) is 73.2 cm³/mol.